The Labute approximate surface area is 331 Å². The molecular formula is C52H35N5. The number of hydrogen-bond acceptors (Lipinski definition) is 5. The monoisotopic (exact) mass is 729 g/mol. The Morgan fingerprint density at radius 3 is 1.65 bits per heavy atom. The Hall–Kier alpha value is -7.55. The van der Waals surface area contributed by atoms with E-state index in [4.69, 9.17) is 19.9 Å². The number of nitriles is 1. The van der Waals surface area contributed by atoms with Crippen LogP contribution < -0.4 is 0 Å². The van der Waals surface area contributed by atoms with Crippen LogP contribution in [-0.4, -0.2) is 19.9 Å². The fraction of sp³-hybridized carbons (Fsp3) is 0.0577. The Kier molecular flexibility index (Phi) is 8.13. The van der Waals surface area contributed by atoms with Gasteiger partial charge in [0.2, 0.25) is 0 Å². The highest BCUT2D eigenvalue weighted by atomic mass is 15.0. The molecule has 0 spiro atoms. The van der Waals surface area contributed by atoms with Gasteiger partial charge in [-0.3, -0.25) is 0 Å². The molecule has 1 aliphatic carbocycles. The summed E-state index contributed by atoms with van der Waals surface area (Å²) in [4.78, 5) is 20.5. The lowest BCUT2D eigenvalue weighted by Gasteiger charge is -2.22. The van der Waals surface area contributed by atoms with E-state index in [1.807, 2.05) is 60.7 Å². The fourth-order valence-electron chi connectivity index (χ4n) is 8.08. The summed E-state index contributed by atoms with van der Waals surface area (Å²) >= 11 is 0. The lowest BCUT2D eigenvalue weighted by Crippen LogP contribution is -2.15. The van der Waals surface area contributed by atoms with Gasteiger partial charge in [-0.25, -0.2) is 19.9 Å². The second kappa shape index (κ2) is 13.6. The second-order valence-corrected chi connectivity index (χ2v) is 15.1. The molecule has 0 saturated heterocycles. The maximum absolute atomic E-state index is 9.70. The third-order valence-electron chi connectivity index (χ3n) is 11.1. The predicted octanol–water partition coefficient (Wildman–Crippen LogP) is 12.6. The summed E-state index contributed by atoms with van der Waals surface area (Å²) in [5.74, 6) is 1.78. The SMILES string of the molecule is CC1(C)c2cc(C#N)ccc2-c2ccc(-c3cc(-c4ccc5ccccc5n4)cc(-c4nc(-c5ccccc5)nc(-c5ccc(-c6ccccc6)cc5)n4)c3)cc21. The molecule has 0 radical (unpaired) electrons. The summed E-state index contributed by atoms with van der Waals surface area (Å²) in [5.41, 5.74) is 15.0. The molecule has 0 aliphatic heterocycles. The van der Waals surface area contributed by atoms with Crippen LogP contribution in [0, 0.1) is 11.3 Å². The van der Waals surface area contributed by atoms with Crippen molar-refractivity contribution in [1.82, 2.24) is 19.9 Å². The molecule has 5 heteroatoms. The highest BCUT2D eigenvalue weighted by molar-refractivity contribution is 5.87. The van der Waals surface area contributed by atoms with Crippen LogP contribution in [0.15, 0.2) is 176 Å². The number of nitrogens with zero attached hydrogens (tertiary/aromatic N) is 5. The number of rotatable bonds is 6. The van der Waals surface area contributed by atoms with Gasteiger partial charge < -0.3 is 0 Å². The van der Waals surface area contributed by atoms with Crippen molar-refractivity contribution in [2.24, 2.45) is 0 Å². The molecule has 0 fully saturated rings. The van der Waals surface area contributed by atoms with Gasteiger partial charge in [0.15, 0.2) is 17.5 Å². The van der Waals surface area contributed by atoms with Crippen molar-refractivity contribution in [3.63, 3.8) is 0 Å². The Morgan fingerprint density at radius 1 is 0.404 bits per heavy atom. The van der Waals surface area contributed by atoms with E-state index in [1.165, 1.54) is 22.3 Å². The fourth-order valence-corrected chi connectivity index (χ4v) is 8.08. The molecule has 2 aromatic heterocycles. The third kappa shape index (κ3) is 6.14. The third-order valence-corrected chi connectivity index (χ3v) is 11.1. The van der Waals surface area contributed by atoms with Crippen molar-refractivity contribution in [3.8, 4) is 84.9 Å². The van der Waals surface area contributed by atoms with Gasteiger partial charge in [-0.2, -0.15) is 5.26 Å². The van der Waals surface area contributed by atoms with Gasteiger partial charge in [0, 0.05) is 33.1 Å². The van der Waals surface area contributed by atoms with Crippen molar-refractivity contribution >= 4 is 10.9 Å². The zero-order valence-electron chi connectivity index (χ0n) is 31.5. The van der Waals surface area contributed by atoms with E-state index >= 15 is 0 Å². The number of benzene rings is 7. The molecular weight excluding hydrogens is 695 g/mol. The van der Waals surface area contributed by atoms with Crippen LogP contribution in [0.3, 0.4) is 0 Å². The minimum absolute atomic E-state index is 0.280. The number of aromatic nitrogens is 4. The summed E-state index contributed by atoms with van der Waals surface area (Å²) in [6.45, 7) is 4.49. The van der Waals surface area contributed by atoms with Gasteiger partial charge in [-0.1, -0.05) is 141 Å². The molecule has 0 atom stereocenters. The molecule has 1 aliphatic rings. The highest BCUT2D eigenvalue weighted by Gasteiger charge is 2.36. The Morgan fingerprint density at radius 2 is 0.930 bits per heavy atom. The summed E-state index contributed by atoms with van der Waals surface area (Å²) in [7, 11) is 0. The predicted molar refractivity (Wildman–Crippen MR) is 230 cm³/mol. The smallest absolute Gasteiger partial charge is 0.164 e. The number of para-hydroxylation sites is 1. The molecule has 268 valence electrons. The molecule has 2 heterocycles. The molecule has 0 bridgehead atoms. The molecule has 0 saturated carbocycles. The minimum atomic E-state index is -0.280. The Balaban J connectivity index is 1.15. The van der Waals surface area contributed by atoms with Crippen LogP contribution in [0.5, 0.6) is 0 Å². The average molecular weight is 730 g/mol. The molecule has 57 heavy (non-hydrogen) atoms. The van der Waals surface area contributed by atoms with Crippen molar-refractivity contribution < 1.29 is 0 Å². The summed E-state index contributed by atoms with van der Waals surface area (Å²) in [5, 5.41) is 10.8. The van der Waals surface area contributed by atoms with E-state index in [2.05, 4.69) is 135 Å². The highest BCUT2D eigenvalue weighted by Crippen LogP contribution is 2.50. The summed E-state index contributed by atoms with van der Waals surface area (Å²) in [6, 6.07) is 62.9. The van der Waals surface area contributed by atoms with Crippen molar-refractivity contribution in [2.75, 3.05) is 0 Å². The second-order valence-electron chi connectivity index (χ2n) is 15.1. The first-order chi connectivity index (χ1) is 27.9. The zero-order valence-corrected chi connectivity index (χ0v) is 31.5. The molecule has 7 aromatic carbocycles. The van der Waals surface area contributed by atoms with Crippen LogP contribution in [-0.2, 0) is 5.41 Å². The van der Waals surface area contributed by atoms with Gasteiger partial charge in [-0.05, 0) is 93.0 Å². The van der Waals surface area contributed by atoms with Crippen LogP contribution in [0.1, 0.15) is 30.5 Å². The maximum atomic E-state index is 9.70. The van der Waals surface area contributed by atoms with E-state index < -0.39 is 0 Å². The standard InChI is InChI=1S/C52H35N5/c1-52(2)45-27-33(32-53)17-24-43(45)44-25-22-39(31-46(44)52)40-28-41(48-26-23-36-13-9-10-16-47(36)54-48)30-42(29-40)51-56-49(37-14-7-4-8-15-37)55-50(57-51)38-20-18-35(19-21-38)34-11-5-3-6-12-34/h3-31H,1-2H3. The number of fused-ring (bicyclic) bond motifs is 4. The van der Waals surface area contributed by atoms with Crippen molar-refractivity contribution in [1.29, 1.82) is 5.26 Å². The van der Waals surface area contributed by atoms with Crippen molar-refractivity contribution in [2.45, 2.75) is 19.3 Å². The molecule has 0 N–H and O–H groups in total. The summed E-state index contributed by atoms with van der Waals surface area (Å²) < 4.78 is 0. The van der Waals surface area contributed by atoms with Gasteiger partial charge in [0.1, 0.15) is 0 Å². The lowest BCUT2D eigenvalue weighted by molar-refractivity contribution is 0.660. The van der Waals surface area contributed by atoms with Crippen molar-refractivity contribution in [3.05, 3.63) is 193 Å². The van der Waals surface area contributed by atoms with Crippen LogP contribution in [0.2, 0.25) is 0 Å². The summed E-state index contributed by atoms with van der Waals surface area (Å²) in [6.07, 6.45) is 0. The molecule has 0 unspecified atom stereocenters. The first-order valence-electron chi connectivity index (χ1n) is 19.1. The molecule has 9 aromatic rings. The molecule has 10 rings (SSSR count). The van der Waals surface area contributed by atoms with E-state index in [9.17, 15) is 5.26 Å². The quantitative estimate of drug-likeness (QED) is 0.170. The van der Waals surface area contributed by atoms with Gasteiger partial charge in [0.25, 0.3) is 0 Å². The normalized spacial score (nSPS) is 12.5. The average Bonchev–Trinajstić information content (AvgIpc) is 3.51. The topological polar surface area (TPSA) is 75.3 Å². The minimum Gasteiger partial charge on any atom is -0.248 e. The van der Waals surface area contributed by atoms with Gasteiger partial charge in [0.05, 0.1) is 22.8 Å². The first-order valence-corrected chi connectivity index (χ1v) is 19.1. The zero-order chi connectivity index (χ0) is 38.5. The van der Waals surface area contributed by atoms with Gasteiger partial charge in [-0.15, -0.1) is 0 Å². The Bertz CT molecular complexity index is 3040. The first kappa shape index (κ1) is 34.0. The number of pyridine rings is 1. The molecule has 5 nitrogen and oxygen atoms in total. The van der Waals surface area contributed by atoms with E-state index in [0.717, 1.165) is 61.1 Å². The van der Waals surface area contributed by atoms with Gasteiger partial charge >= 0.3 is 0 Å². The maximum Gasteiger partial charge on any atom is 0.164 e. The number of hydrogen-bond donors (Lipinski definition) is 0. The van der Waals surface area contributed by atoms with Crippen LogP contribution in [0.4, 0.5) is 0 Å². The van der Waals surface area contributed by atoms with E-state index in [0.29, 0.717) is 23.0 Å². The van der Waals surface area contributed by atoms with Crippen LogP contribution >= 0.6 is 0 Å². The molecule has 0 amide bonds. The largest absolute Gasteiger partial charge is 0.248 e. The van der Waals surface area contributed by atoms with E-state index in [1.54, 1.807) is 0 Å². The van der Waals surface area contributed by atoms with E-state index in [-0.39, 0.29) is 5.41 Å². The lowest BCUT2D eigenvalue weighted by atomic mass is 9.81. The van der Waals surface area contributed by atoms with Crippen LogP contribution in [0.25, 0.3) is 89.7 Å².